The Morgan fingerprint density at radius 1 is 0.854 bits per heavy atom. The minimum absolute atomic E-state index is 0.00164. The smallest absolute Gasteiger partial charge is 0.339 e. The van der Waals surface area contributed by atoms with Crippen LogP contribution in [0.2, 0.25) is 10.0 Å². The van der Waals surface area contributed by atoms with Crippen LogP contribution in [-0.4, -0.2) is 54.5 Å². The lowest BCUT2D eigenvalue weighted by Gasteiger charge is -2.10. The zero-order chi connectivity index (χ0) is 34.8. The Bertz CT molecular complexity index is 2030. The number of nitrogens with two attached hydrogens (primary N) is 1. The highest BCUT2D eigenvalue weighted by Gasteiger charge is 2.23. The van der Waals surface area contributed by atoms with E-state index in [2.05, 4.69) is 25.3 Å². The second-order valence-corrected chi connectivity index (χ2v) is 10.2. The van der Waals surface area contributed by atoms with E-state index < -0.39 is 23.8 Å². The molecule has 3 aromatic heterocycles. The first-order chi connectivity index (χ1) is 23.1. The van der Waals surface area contributed by atoms with Crippen LogP contribution in [0.5, 0.6) is 5.75 Å². The molecule has 2 amide bonds. The summed E-state index contributed by atoms with van der Waals surface area (Å²) in [7, 11) is 2.47. The highest BCUT2D eigenvalue weighted by molar-refractivity contribution is 6.30. The number of nitrogens with one attached hydrogen (secondary N) is 2. The fourth-order valence-corrected chi connectivity index (χ4v) is 4.29. The average molecular weight is 691 g/mol. The number of carbonyl (C=O) groups excluding carboxylic acids is 4. The van der Waals surface area contributed by atoms with E-state index in [0.717, 1.165) is 0 Å². The van der Waals surface area contributed by atoms with Gasteiger partial charge in [0.05, 0.1) is 46.5 Å². The van der Waals surface area contributed by atoms with E-state index in [1.807, 2.05) is 6.07 Å². The van der Waals surface area contributed by atoms with Gasteiger partial charge in [-0.15, -0.1) is 0 Å². The van der Waals surface area contributed by atoms with Crippen molar-refractivity contribution >= 4 is 75.2 Å². The zero-order valence-corrected chi connectivity index (χ0v) is 26.6. The maximum Gasteiger partial charge on any atom is 0.339 e. The SMILES string of the molecule is COC(=O)c1cccc(OCC(=O)Nc2ccc(Cl)cn2)c1C#N.COC(=O)c1cccc2oc(C(=O)Nc3ccc(Cl)cn3)c(N)c12. The molecule has 3 heterocycles. The normalized spacial score (nSPS) is 10.1. The number of aromatic nitrogens is 2. The Morgan fingerprint density at radius 3 is 2.02 bits per heavy atom. The molecular weight excluding hydrogens is 667 g/mol. The van der Waals surface area contributed by atoms with Crippen LogP contribution >= 0.6 is 23.2 Å². The fourth-order valence-electron chi connectivity index (χ4n) is 4.06. The molecule has 0 unspecified atom stereocenters. The maximum absolute atomic E-state index is 12.4. The summed E-state index contributed by atoms with van der Waals surface area (Å²) in [4.78, 5) is 55.6. The minimum Gasteiger partial charge on any atom is -0.482 e. The number of anilines is 3. The van der Waals surface area contributed by atoms with E-state index in [4.69, 9.17) is 42.8 Å². The molecular formula is C32H24Cl2N6O8. The predicted molar refractivity (Wildman–Crippen MR) is 175 cm³/mol. The molecule has 0 spiro atoms. The van der Waals surface area contributed by atoms with Crippen LogP contribution in [0.3, 0.4) is 0 Å². The van der Waals surface area contributed by atoms with Crippen molar-refractivity contribution < 1.29 is 37.8 Å². The van der Waals surface area contributed by atoms with Crippen LogP contribution in [0.25, 0.3) is 11.0 Å². The first-order valence-corrected chi connectivity index (χ1v) is 14.3. The second kappa shape index (κ2) is 15.9. The standard InChI is InChI=1S/2C16H12ClN3O4/c1-23-16(22)9-3-2-4-10-12(9)13(18)14(24-10)15(21)20-11-6-5-8(17)7-19-11;1-23-16(22)11-3-2-4-13(12(11)7-18)24-9-15(21)20-14-6-5-10(17)8-19-14/h2-7H,18H2,1H3,(H,19,20,21);2-6,8H,9H2,1H3,(H,19,20,21). The molecule has 2 aromatic carbocycles. The number of esters is 2. The number of furan rings is 1. The summed E-state index contributed by atoms with van der Waals surface area (Å²) in [5.41, 5.74) is 6.66. The molecule has 0 saturated carbocycles. The van der Waals surface area contributed by atoms with Gasteiger partial charge in [0.15, 0.2) is 6.61 Å². The van der Waals surface area contributed by atoms with Gasteiger partial charge < -0.3 is 35.0 Å². The van der Waals surface area contributed by atoms with Gasteiger partial charge in [-0.2, -0.15) is 5.26 Å². The van der Waals surface area contributed by atoms with E-state index in [0.29, 0.717) is 26.8 Å². The minimum atomic E-state index is -0.660. The number of ether oxygens (including phenoxy) is 3. The highest BCUT2D eigenvalue weighted by Crippen LogP contribution is 2.32. The summed E-state index contributed by atoms with van der Waals surface area (Å²) in [5.74, 6) is -1.69. The number of carbonyl (C=O) groups is 4. The monoisotopic (exact) mass is 690 g/mol. The number of halogens is 2. The molecule has 5 aromatic rings. The molecule has 0 fully saturated rings. The number of hydrogen-bond acceptors (Lipinski definition) is 12. The van der Waals surface area contributed by atoms with Crippen LogP contribution in [0.1, 0.15) is 36.8 Å². The number of benzene rings is 2. The predicted octanol–water partition coefficient (Wildman–Crippen LogP) is 5.51. The van der Waals surface area contributed by atoms with Crippen LogP contribution in [-0.2, 0) is 14.3 Å². The summed E-state index contributed by atoms with van der Waals surface area (Å²) in [6.45, 7) is -0.358. The molecule has 0 atom stereocenters. The molecule has 14 nitrogen and oxygen atoms in total. The van der Waals surface area contributed by atoms with Gasteiger partial charge in [-0.3, -0.25) is 9.59 Å². The second-order valence-electron chi connectivity index (χ2n) is 9.31. The van der Waals surface area contributed by atoms with Crippen molar-refractivity contribution in [3.63, 3.8) is 0 Å². The van der Waals surface area contributed by atoms with E-state index in [1.54, 1.807) is 42.5 Å². The molecule has 5 rings (SSSR count). The molecule has 0 saturated heterocycles. The van der Waals surface area contributed by atoms with Crippen molar-refractivity contribution in [2.75, 3.05) is 37.2 Å². The largest absolute Gasteiger partial charge is 0.482 e. The van der Waals surface area contributed by atoms with Gasteiger partial charge in [-0.25, -0.2) is 19.6 Å². The number of nitrogen functional groups attached to an aromatic ring is 1. The number of methoxy groups -OCH3 is 2. The first kappa shape index (κ1) is 34.7. The number of pyridine rings is 2. The number of fused-ring (bicyclic) bond motifs is 1. The average Bonchev–Trinajstić information content (AvgIpc) is 3.45. The van der Waals surface area contributed by atoms with Gasteiger partial charge >= 0.3 is 11.9 Å². The summed E-state index contributed by atoms with van der Waals surface area (Å²) >= 11 is 11.5. The molecule has 0 bridgehead atoms. The third-order valence-corrected chi connectivity index (χ3v) is 6.68. The summed E-state index contributed by atoms with van der Waals surface area (Å²) < 4.78 is 20.1. The Kier molecular flexibility index (Phi) is 11.5. The van der Waals surface area contributed by atoms with Crippen molar-refractivity contribution in [3.05, 3.63) is 106 Å². The number of rotatable bonds is 8. The van der Waals surface area contributed by atoms with Gasteiger partial charge in [0.2, 0.25) is 5.76 Å². The maximum atomic E-state index is 12.4. The van der Waals surface area contributed by atoms with E-state index >= 15 is 0 Å². The van der Waals surface area contributed by atoms with Crippen molar-refractivity contribution in [2.24, 2.45) is 0 Å². The molecule has 16 heteroatoms. The Labute approximate surface area is 282 Å². The van der Waals surface area contributed by atoms with E-state index in [9.17, 15) is 24.4 Å². The zero-order valence-electron chi connectivity index (χ0n) is 25.1. The molecule has 244 valence electrons. The molecule has 0 aliphatic heterocycles. The first-order valence-electron chi connectivity index (χ1n) is 13.5. The van der Waals surface area contributed by atoms with E-state index in [-0.39, 0.29) is 46.3 Å². The van der Waals surface area contributed by atoms with Gasteiger partial charge in [0, 0.05) is 12.4 Å². The molecule has 48 heavy (non-hydrogen) atoms. The summed E-state index contributed by atoms with van der Waals surface area (Å²) in [6, 6.07) is 17.3. The third-order valence-electron chi connectivity index (χ3n) is 6.23. The summed E-state index contributed by atoms with van der Waals surface area (Å²) in [5, 5.41) is 15.5. The number of hydrogen-bond donors (Lipinski definition) is 3. The number of amides is 2. The van der Waals surface area contributed by atoms with Gasteiger partial charge in [-0.05, 0) is 48.5 Å². The molecule has 4 N–H and O–H groups in total. The van der Waals surface area contributed by atoms with E-state index in [1.165, 1.54) is 44.8 Å². The van der Waals surface area contributed by atoms with Gasteiger partial charge in [-0.1, -0.05) is 35.3 Å². The number of nitriles is 1. The quantitative estimate of drug-likeness (QED) is 0.172. The van der Waals surface area contributed by atoms with Crippen LogP contribution in [0.4, 0.5) is 17.3 Å². The molecule has 0 aliphatic carbocycles. The van der Waals surface area contributed by atoms with Crippen molar-refractivity contribution in [1.29, 1.82) is 5.26 Å². The third kappa shape index (κ3) is 8.35. The van der Waals surface area contributed by atoms with Crippen LogP contribution in [0.15, 0.2) is 77.5 Å². The summed E-state index contributed by atoms with van der Waals surface area (Å²) in [6.07, 6.45) is 2.79. The van der Waals surface area contributed by atoms with Crippen molar-refractivity contribution in [1.82, 2.24) is 9.97 Å². The lowest BCUT2D eigenvalue weighted by molar-refractivity contribution is -0.118. The van der Waals surface area contributed by atoms with Gasteiger partial charge in [0.1, 0.15) is 34.6 Å². The highest BCUT2D eigenvalue weighted by atomic mass is 35.5. The Balaban J connectivity index is 0.000000217. The lowest BCUT2D eigenvalue weighted by Crippen LogP contribution is -2.21. The van der Waals surface area contributed by atoms with Gasteiger partial charge in [0.25, 0.3) is 11.8 Å². The van der Waals surface area contributed by atoms with Crippen LogP contribution < -0.4 is 21.1 Å². The van der Waals surface area contributed by atoms with Crippen LogP contribution in [0, 0.1) is 11.3 Å². The fraction of sp³-hybridized carbons (Fsp3) is 0.0938. The molecule has 0 radical (unpaired) electrons. The molecule has 0 aliphatic rings. The van der Waals surface area contributed by atoms with Crippen molar-refractivity contribution in [3.8, 4) is 11.8 Å². The van der Waals surface area contributed by atoms with Crippen molar-refractivity contribution in [2.45, 2.75) is 0 Å². The Hall–Kier alpha value is -6.17. The Morgan fingerprint density at radius 2 is 1.44 bits per heavy atom. The topological polar surface area (TPSA) is 209 Å². The number of nitrogens with zero attached hydrogens (tertiary/aromatic N) is 3. The lowest BCUT2D eigenvalue weighted by atomic mass is 10.1.